The lowest BCUT2D eigenvalue weighted by Crippen LogP contribution is -2.36. The molecule has 0 unspecified atom stereocenters. The molecule has 7 nitrogen and oxygen atoms in total. The Morgan fingerprint density at radius 1 is 1.36 bits per heavy atom. The number of hydrogen-bond donors (Lipinski definition) is 0. The summed E-state index contributed by atoms with van der Waals surface area (Å²) >= 11 is 0. The molecule has 0 saturated carbocycles. The van der Waals surface area contributed by atoms with Gasteiger partial charge in [0.1, 0.15) is 12.2 Å². The largest absolute Gasteiger partial charge is 0.444 e. The van der Waals surface area contributed by atoms with Crippen LogP contribution in [0.25, 0.3) is 10.4 Å². The van der Waals surface area contributed by atoms with Crippen LogP contribution in [0, 0.1) is 11.8 Å². The van der Waals surface area contributed by atoms with Gasteiger partial charge in [-0.05, 0) is 38.4 Å². The monoisotopic (exact) mass is 342 g/mol. The molecule has 1 aliphatic rings. The summed E-state index contributed by atoms with van der Waals surface area (Å²) in [6.07, 6.45) is -0.833. The third-order valence-electron chi connectivity index (χ3n) is 3.46. The molecular formula is C18H22N4O3. The number of rotatable bonds is 3. The first-order chi connectivity index (χ1) is 11.9. The second kappa shape index (κ2) is 8.43. The van der Waals surface area contributed by atoms with Crippen LogP contribution in [-0.4, -0.2) is 48.4 Å². The predicted octanol–water partition coefficient (Wildman–Crippen LogP) is 3.35. The lowest BCUT2D eigenvalue weighted by Gasteiger charge is -2.24. The number of hydrogen-bond acceptors (Lipinski definition) is 4. The Labute approximate surface area is 147 Å². The second-order valence-corrected chi connectivity index (χ2v) is 6.67. The van der Waals surface area contributed by atoms with Gasteiger partial charge >= 0.3 is 6.09 Å². The molecule has 2 atom stereocenters. The van der Waals surface area contributed by atoms with E-state index in [1.54, 1.807) is 20.8 Å². The van der Waals surface area contributed by atoms with E-state index in [2.05, 4.69) is 21.9 Å². The third-order valence-corrected chi connectivity index (χ3v) is 3.46. The molecule has 1 aromatic carbocycles. The smallest absolute Gasteiger partial charge is 0.410 e. The minimum Gasteiger partial charge on any atom is -0.444 e. The molecule has 1 aliphatic heterocycles. The number of carbonyl (C=O) groups excluding carboxylic acids is 1. The predicted molar refractivity (Wildman–Crippen MR) is 93.8 cm³/mol. The zero-order valence-corrected chi connectivity index (χ0v) is 14.7. The van der Waals surface area contributed by atoms with Crippen molar-refractivity contribution in [3.8, 4) is 11.8 Å². The molecule has 132 valence electrons. The van der Waals surface area contributed by atoms with E-state index in [1.165, 1.54) is 4.90 Å². The first-order valence-corrected chi connectivity index (χ1v) is 8.07. The van der Waals surface area contributed by atoms with Crippen molar-refractivity contribution in [2.24, 2.45) is 5.11 Å². The quantitative estimate of drug-likeness (QED) is 0.365. The molecule has 0 aromatic heterocycles. The fourth-order valence-electron chi connectivity index (χ4n) is 2.38. The van der Waals surface area contributed by atoms with Gasteiger partial charge in [0.15, 0.2) is 0 Å². The summed E-state index contributed by atoms with van der Waals surface area (Å²) in [5.41, 5.74) is 9.04. The van der Waals surface area contributed by atoms with Crippen LogP contribution < -0.4 is 0 Å². The highest BCUT2D eigenvalue weighted by Gasteiger charge is 2.37. The Kier molecular flexibility index (Phi) is 6.29. The van der Waals surface area contributed by atoms with E-state index in [1.807, 2.05) is 30.3 Å². The Morgan fingerprint density at radius 3 is 2.72 bits per heavy atom. The van der Waals surface area contributed by atoms with E-state index in [0.717, 1.165) is 5.56 Å². The number of benzene rings is 1. The zero-order chi connectivity index (χ0) is 18.3. The molecule has 0 aliphatic carbocycles. The lowest BCUT2D eigenvalue weighted by atomic mass is 10.2. The van der Waals surface area contributed by atoms with Gasteiger partial charge in [0.2, 0.25) is 0 Å². The summed E-state index contributed by atoms with van der Waals surface area (Å²) in [7, 11) is 0. The molecule has 1 saturated heterocycles. The molecule has 7 heteroatoms. The second-order valence-electron chi connectivity index (χ2n) is 6.67. The van der Waals surface area contributed by atoms with Gasteiger partial charge in [0.05, 0.1) is 18.7 Å². The van der Waals surface area contributed by atoms with E-state index in [9.17, 15) is 4.79 Å². The Hall–Kier alpha value is -2.68. The summed E-state index contributed by atoms with van der Waals surface area (Å²) in [5.74, 6) is 5.93. The molecule has 1 fully saturated rings. The number of carbonyl (C=O) groups is 1. The SMILES string of the molecule is CC(C)(C)OC(=O)N1C[C@H](N=[N+]=[N-])[C@@H](OCC#Cc2ccccc2)C1. The van der Waals surface area contributed by atoms with E-state index >= 15 is 0 Å². The van der Waals surface area contributed by atoms with E-state index < -0.39 is 23.8 Å². The number of amides is 1. The van der Waals surface area contributed by atoms with Crippen molar-refractivity contribution in [3.05, 3.63) is 46.3 Å². The molecule has 25 heavy (non-hydrogen) atoms. The molecule has 2 rings (SSSR count). The van der Waals surface area contributed by atoms with Crippen LogP contribution in [0.3, 0.4) is 0 Å². The molecule has 0 bridgehead atoms. The van der Waals surface area contributed by atoms with Gasteiger partial charge in [-0.1, -0.05) is 35.2 Å². The number of azide groups is 1. The van der Waals surface area contributed by atoms with Crippen LogP contribution in [0.15, 0.2) is 35.4 Å². The normalized spacial score (nSPS) is 19.6. The van der Waals surface area contributed by atoms with Crippen LogP contribution in [0.2, 0.25) is 0 Å². The van der Waals surface area contributed by atoms with E-state index in [4.69, 9.17) is 15.0 Å². The van der Waals surface area contributed by atoms with Gasteiger partial charge in [0, 0.05) is 17.0 Å². The molecule has 1 aromatic rings. The molecular weight excluding hydrogens is 320 g/mol. The first-order valence-electron chi connectivity index (χ1n) is 8.07. The van der Waals surface area contributed by atoms with E-state index in [-0.39, 0.29) is 13.2 Å². The van der Waals surface area contributed by atoms with Crippen molar-refractivity contribution < 1.29 is 14.3 Å². The molecule has 1 amide bonds. The molecule has 1 heterocycles. The topological polar surface area (TPSA) is 87.5 Å². The van der Waals surface area contributed by atoms with Crippen molar-refractivity contribution in [3.63, 3.8) is 0 Å². The maximum atomic E-state index is 12.2. The minimum absolute atomic E-state index is 0.194. The van der Waals surface area contributed by atoms with Gasteiger partial charge in [-0.15, -0.1) is 0 Å². The van der Waals surface area contributed by atoms with Gasteiger partial charge in [-0.25, -0.2) is 4.79 Å². The average Bonchev–Trinajstić information content (AvgIpc) is 2.95. The standard InChI is InChI=1S/C18H22N4O3/c1-18(2,3)25-17(23)22-12-15(20-21-19)16(13-22)24-11-7-10-14-8-5-4-6-9-14/h4-6,8-9,15-16H,11-13H2,1-3H3/t15-,16-/m0/s1. The fraction of sp³-hybridized carbons (Fsp3) is 0.500. The average molecular weight is 342 g/mol. The van der Waals surface area contributed by atoms with Crippen LogP contribution >= 0.6 is 0 Å². The highest BCUT2D eigenvalue weighted by molar-refractivity contribution is 5.68. The van der Waals surface area contributed by atoms with Crippen LogP contribution in [0.4, 0.5) is 4.79 Å². The Balaban J connectivity index is 1.93. The Bertz CT molecular complexity index is 697. The Morgan fingerprint density at radius 2 is 2.08 bits per heavy atom. The minimum atomic E-state index is -0.578. The van der Waals surface area contributed by atoms with Crippen molar-refractivity contribution in [1.82, 2.24) is 4.90 Å². The van der Waals surface area contributed by atoms with Gasteiger partial charge in [-0.3, -0.25) is 0 Å². The van der Waals surface area contributed by atoms with E-state index in [0.29, 0.717) is 6.54 Å². The van der Waals surface area contributed by atoms with Crippen molar-refractivity contribution in [2.45, 2.75) is 38.5 Å². The highest BCUT2D eigenvalue weighted by atomic mass is 16.6. The number of likely N-dealkylation sites (tertiary alicyclic amines) is 1. The van der Waals surface area contributed by atoms with Crippen LogP contribution in [-0.2, 0) is 9.47 Å². The molecule has 0 N–H and O–H groups in total. The maximum absolute atomic E-state index is 12.2. The summed E-state index contributed by atoms with van der Waals surface area (Å²) in [6, 6.07) is 9.13. The fourth-order valence-corrected chi connectivity index (χ4v) is 2.38. The van der Waals surface area contributed by atoms with Crippen molar-refractivity contribution in [1.29, 1.82) is 0 Å². The summed E-state index contributed by atoms with van der Waals surface area (Å²) in [6.45, 7) is 6.19. The van der Waals surface area contributed by atoms with Crippen molar-refractivity contribution in [2.75, 3.05) is 19.7 Å². The van der Waals surface area contributed by atoms with Gasteiger partial charge < -0.3 is 14.4 Å². The number of ether oxygens (including phenoxy) is 2. The van der Waals surface area contributed by atoms with Gasteiger partial charge in [-0.2, -0.15) is 0 Å². The summed E-state index contributed by atoms with van der Waals surface area (Å²) in [4.78, 5) is 16.5. The maximum Gasteiger partial charge on any atom is 0.410 e. The summed E-state index contributed by atoms with van der Waals surface area (Å²) < 4.78 is 11.1. The third kappa shape index (κ3) is 6.03. The van der Waals surface area contributed by atoms with Gasteiger partial charge in [0.25, 0.3) is 0 Å². The van der Waals surface area contributed by atoms with Crippen molar-refractivity contribution >= 4 is 6.09 Å². The van der Waals surface area contributed by atoms with Crippen LogP contribution in [0.1, 0.15) is 26.3 Å². The zero-order valence-electron chi connectivity index (χ0n) is 14.7. The lowest BCUT2D eigenvalue weighted by molar-refractivity contribution is 0.0236. The highest BCUT2D eigenvalue weighted by Crippen LogP contribution is 2.20. The molecule has 0 radical (unpaired) electrons. The molecule has 0 spiro atoms. The number of nitrogens with zero attached hydrogens (tertiary/aromatic N) is 4. The first kappa shape index (κ1) is 18.7. The van der Waals surface area contributed by atoms with Crippen LogP contribution in [0.5, 0.6) is 0 Å². The summed E-state index contributed by atoms with van der Waals surface area (Å²) in [5, 5.41) is 3.73.